The molecule has 0 heterocycles. The summed E-state index contributed by atoms with van der Waals surface area (Å²) in [6.07, 6.45) is 0.363. The molecule has 2 heteroatoms. The average molecular weight is 192 g/mol. The van der Waals surface area contributed by atoms with Crippen LogP contribution in [0.1, 0.15) is 19.4 Å². The molecule has 1 aromatic rings. The molecule has 0 radical (unpaired) electrons. The van der Waals surface area contributed by atoms with Crippen LogP contribution in [0.5, 0.6) is 0 Å². The van der Waals surface area contributed by atoms with E-state index in [0.29, 0.717) is 0 Å². The lowest BCUT2D eigenvalue weighted by Gasteiger charge is -2.14. The standard InChI is InChI=1S/C12H16O2/c1-9(12(14)10(2)13)8-11-6-4-3-5-7-11/h3-8,10,12-14H,1-2H3/b9-8+/t10-,12-/m0/s1. The molecule has 0 aromatic heterocycles. The molecule has 1 aromatic carbocycles. The highest BCUT2D eigenvalue weighted by Crippen LogP contribution is 2.11. The van der Waals surface area contributed by atoms with Gasteiger partial charge < -0.3 is 10.2 Å². The normalized spacial score (nSPS) is 16.4. The van der Waals surface area contributed by atoms with E-state index in [0.717, 1.165) is 11.1 Å². The van der Waals surface area contributed by atoms with Crippen LogP contribution in [0.25, 0.3) is 6.08 Å². The molecule has 76 valence electrons. The summed E-state index contributed by atoms with van der Waals surface area (Å²) < 4.78 is 0. The SMILES string of the molecule is C/C(=C\c1ccccc1)[C@H](O)[C@H](C)O. The van der Waals surface area contributed by atoms with Crippen LogP contribution in [0.3, 0.4) is 0 Å². The van der Waals surface area contributed by atoms with Gasteiger partial charge in [0.1, 0.15) is 6.10 Å². The zero-order chi connectivity index (χ0) is 10.6. The largest absolute Gasteiger partial charge is 0.390 e. The third-order valence-electron chi connectivity index (χ3n) is 2.12. The molecule has 0 bridgehead atoms. The first-order valence-electron chi connectivity index (χ1n) is 4.70. The van der Waals surface area contributed by atoms with E-state index in [9.17, 15) is 10.2 Å². The predicted octanol–water partition coefficient (Wildman–Crippen LogP) is 1.83. The van der Waals surface area contributed by atoms with Crippen molar-refractivity contribution in [3.8, 4) is 0 Å². The molecule has 0 aliphatic rings. The highest BCUT2D eigenvalue weighted by molar-refractivity contribution is 5.53. The van der Waals surface area contributed by atoms with Crippen molar-refractivity contribution < 1.29 is 10.2 Å². The fraction of sp³-hybridized carbons (Fsp3) is 0.333. The van der Waals surface area contributed by atoms with Crippen LogP contribution in [0, 0.1) is 0 Å². The Morgan fingerprint density at radius 2 is 1.79 bits per heavy atom. The number of aliphatic hydroxyl groups is 2. The van der Waals surface area contributed by atoms with Crippen LogP contribution in [0.4, 0.5) is 0 Å². The van der Waals surface area contributed by atoms with Crippen molar-refractivity contribution in [1.29, 1.82) is 0 Å². The van der Waals surface area contributed by atoms with Gasteiger partial charge >= 0.3 is 0 Å². The second kappa shape index (κ2) is 4.94. The highest BCUT2D eigenvalue weighted by Gasteiger charge is 2.12. The minimum atomic E-state index is -0.782. The maximum Gasteiger partial charge on any atom is 0.101 e. The molecule has 0 fully saturated rings. The summed E-state index contributed by atoms with van der Waals surface area (Å²) in [5, 5.41) is 18.7. The third-order valence-corrected chi connectivity index (χ3v) is 2.12. The summed E-state index contributed by atoms with van der Waals surface area (Å²) in [6, 6.07) is 9.73. The topological polar surface area (TPSA) is 40.5 Å². The zero-order valence-electron chi connectivity index (χ0n) is 8.51. The van der Waals surface area contributed by atoms with E-state index in [1.165, 1.54) is 0 Å². The first kappa shape index (κ1) is 11.0. The summed E-state index contributed by atoms with van der Waals surface area (Å²) >= 11 is 0. The number of aliphatic hydroxyl groups excluding tert-OH is 2. The van der Waals surface area contributed by atoms with E-state index in [4.69, 9.17) is 0 Å². The van der Waals surface area contributed by atoms with Gasteiger partial charge in [0.25, 0.3) is 0 Å². The van der Waals surface area contributed by atoms with Gasteiger partial charge in [-0.1, -0.05) is 36.4 Å². The molecule has 0 aliphatic carbocycles. The van der Waals surface area contributed by atoms with Crippen molar-refractivity contribution in [2.75, 3.05) is 0 Å². The Morgan fingerprint density at radius 3 is 2.29 bits per heavy atom. The van der Waals surface area contributed by atoms with Gasteiger partial charge in [-0.05, 0) is 25.0 Å². The number of hydrogen-bond donors (Lipinski definition) is 2. The fourth-order valence-electron chi connectivity index (χ4n) is 1.28. The molecule has 14 heavy (non-hydrogen) atoms. The predicted molar refractivity (Wildman–Crippen MR) is 57.8 cm³/mol. The molecule has 0 spiro atoms. The van der Waals surface area contributed by atoms with Gasteiger partial charge in [-0.3, -0.25) is 0 Å². The van der Waals surface area contributed by atoms with E-state index < -0.39 is 12.2 Å². The van der Waals surface area contributed by atoms with E-state index in [1.54, 1.807) is 6.92 Å². The van der Waals surface area contributed by atoms with E-state index >= 15 is 0 Å². The molecule has 1 rings (SSSR count). The van der Waals surface area contributed by atoms with Crippen molar-refractivity contribution in [2.24, 2.45) is 0 Å². The third kappa shape index (κ3) is 2.98. The number of hydrogen-bond acceptors (Lipinski definition) is 2. The van der Waals surface area contributed by atoms with E-state index in [-0.39, 0.29) is 0 Å². The molecular formula is C12H16O2. The Bertz CT molecular complexity index is 301. The van der Waals surface area contributed by atoms with Crippen LogP contribution >= 0.6 is 0 Å². The first-order valence-corrected chi connectivity index (χ1v) is 4.70. The molecular weight excluding hydrogens is 176 g/mol. The average Bonchev–Trinajstić information content (AvgIpc) is 2.18. The summed E-state index contributed by atoms with van der Waals surface area (Å²) in [7, 11) is 0. The molecule has 0 aliphatic heterocycles. The molecule has 0 unspecified atom stereocenters. The summed E-state index contributed by atoms with van der Waals surface area (Å²) in [6.45, 7) is 3.39. The minimum Gasteiger partial charge on any atom is -0.390 e. The first-order chi connectivity index (χ1) is 6.61. The van der Waals surface area contributed by atoms with Crippen molar-refractivity contribution in [3.63, 3.8) is 0 Å². The Balaban J connectivity index is 2.79. The second-order valence-electron chi connectivity index (χ2n) is 3.48. The number of rotatable bonds is 3. The zero-order valence-corrected chi connectivity index (χ0v) is 8.51. The molecule has 2 nitrogen and oxygen atoms in total. The van der Waals surface area contributed by atoms with E-state index in [2.05, 4.69) is 0 Å². The van der Waals surface area contributed by atoms with Gasteiger partial charge in [0.15, 0.2) is 0 Å². The van der Waals surface area contributed by atoms with Gasteiger partial charge in [0, 0.05) is 0 Å². The van der Waals surface area contributed by atoms with Gasteiger partial charge in [0.05, 0.1) is 6.10 Å². The maximum atomic E-state index is 9.54. The monoisotopic (exact) mass is 192 g/mol. The van der Waals surface area contributed by atoms with Crippen molar-refractivity contribution in [3.05, 3.63) is 41.5 Å². The van der Waals surface area contributed by atoms with Crippen molar-refractivity contribution in [2.45, 2.75) is 26.1 Å². The smallest absolute Gasteiger partial charge is 0.101 e. The highest BCUT2D eigenvalue weighted by atomic mass is 16.3. The van der Waals surface area contributed by atoms with Crippen LogP contribution in [-0.2, 0) is 0 Å². The Labute approximate surface area is 84.5 Å². The lowest BCUT2D eigenvalue weighted by atomic mass is 10.0. The summed E-state index contributed by atoms with van der Waals surface area (Å²) in [5.41, 5.74) is 1.80. The Hall–Kier alpha value is -1.12. The molecule has 0 saturated heterocycles. The molecule has 0 amide bonds. The van der Waals surface area contributed by atoms with Crippen LogP contribution in [0.2, 0.25) is 0 Å². The van der Waals surface area contributed by atoms with Gasteiger partial charge in [-0.2, -0.15) is 0 Å². The lowest BCUT2D eigenvalue weighted by Crippen LogP contribution is -2.23. The van der Waals surface area contributed by atoms with Crippen molar-refractivity contribution >= 4 is 6.08 Å². The summed E-state index contributed by atoms with van der Waals surface area (Å²) in [5.74, 6) is 0. The minimum absolute atomic E-state index is 0.727. The quantitative estimate of drug-likeness (QED) is 0.767. The fourth-order valence-corrected chi connectivity index (χ4v) is 1.28. The van der Waals surface area contributed by atoms with E-state index in [1.807, 2.05) is 43.3 Å². The summed E-state index contributed by atoms with van der Waals surface area (Å²) in [4.78, 5) is 0. The van der Waals surface area contributed by atoms with Gasteiger partial charge in [-0.15, -0.1) is 0 Å². The Morgan fingerprint density at radius 1 is 1.21 bits per heavy atom. The van der Waals surface area contributed by atoms with Gasteiger partial charge in [-0.25, -0.2) is 0 Å². The Kier molecular flexibility index (Phi) is 3.86. The van der Waals surface area contributed by atoms with Crippen LogP contribution < -0.4 is 0 Å². The molecule has 0 saturated carbocycles. The van der Waals surface area contributed by atoms with Crippen LogP contribution in [-0.4, -0.2) is 22.4 Å². The number of benzene rings is 1. The maximum absolute atomic E-state index is 9.54. The lowest BCUT2D eigenvalue weighted by molar-refractivity contribution is 0.0553. The van der Waals surface area contributed by atoms with Crippen molar-refractivity contribution in [1.82, 2.24) is 0 Å². The van der Waals surface area contributed by atoms with Gasteiger partial charge in [0.2, 0.25) is 0 Å². The van der Waals surface area contributed by atoms with Crippen LogP contribution in [0.15, 0.2) is 35.9 Å². The molecule has 2 atom stereocenters. The second-order valence-corrected chi connectivity index (χ2v) is 3.48. The molecule has 2 N–H and O–H groups in total.